The number of nitrogens with one attached hydrogen (secondary N) is 2. The molecule has 21 heavy (non-hydrogen) atoms. The number of rotatable bonds is 7. The highest BCUT2D eigenvalue weighted by Crippen LogP contribution is 2.24. The molecule has 0 aliphatic heterocycles. The van der Waals surface area contributed by atoms with Crippen molar-refractivity contribution in [1.29, 1.82) is 0 Å². The van der Waals surface area contributed by atoms with Crippen LogP contribution in [0.5, 0.6) is 0 Å². The van der Waals surface area contributed by atoms with Gasteiger partial charge in [0.25, 0.3) is 0 Å². The molecule has 2 rings (SSSR count). The normalized spacial score (nSPS) is 17.8. The summed E-state index contributed by atoms with van der Waals surface area (Å²) in [5, 5.41) is 5.15. The van der Waals surface area contributed by atoms with Crippen molar-refractivity contribution < 1.29 is 8.42 Å². The van der Waals surface area contributed by atoms with Gasteiger partial charge in [0.2, 0.25) is 10.0 Å². The first-order valence-corrected chi connectivity index (χ1v) is 10.3. The van der Waals surface area contributed by atoms with Crippen molar-refractivity contribution in [3.8, 4) is 0 Å². The van der Waals surface area contributed by atoms with Crippen LogP contribution in [0.2, 0.25) is 0 Å². The van der Waals surface area contributed by atoms with Crippen molar-refractivity contribution in [2.75, 3.05) is 6.54 Å². The van der Waals surface area contributed by atoms with E-state index >= 15 is 0 Å². The fourth-order valence-corrected chi connectivity index (χ4v) is 5.47. The molecule has 0 amide bonds. The van der Waals surface area contributed by atoms with Gasteiger partial charge >= 0.3 is 0 Å². The van der Waals surface area contributed by atoms with Crippen molar-refractivity contribution in [2.24, 2.45) is 0 Å². The Hall–Kier alpha value is -0.430. The maximum atomic E-state index is 12.6. The van der Waals surface area contributed by atoms with Gasteiger partial charge in [0.1, 0.15) is 0 Å². The topological polar surface area (TPSA) is 58.2 Å². The van der Waals surface area contributed by atoms with E-state index in [0.29, 0.717) is 11.4 Å². The maximum absolute atomic E-state index is 12.6. The predicted octanol–water partition coefficient (Wildman–Crippen LogP) is 3.25. The molecular weight excluding hydrogens is 304 g/mol. The Morgan fingerprint density at radius 2 is 1.95 bits per heavy atom. The van der Waals surface area contributed by atoms with Crippen LogP contribution in [0.3, 0.4) is 0 Å². The first-order chi connectivity index (χ1) is 10.1. The zero-order chi connectivity index (χ0) is 15.1. The highest BCUT2D eigenvalue weighted by Gasteiger charge is 2.24. The Morgan fingerprint density at radius 1 is 1.24 bits per heavy atom. The molecule has 1 saturated carbocycles. The Kier molecular flexibility index (Phi) is 6.67. The average Bonchev–Trinajstić information content (AvgIpc) is 2.78. The molecule has 0 spiro atoms. The summed E-state index contributed by atoms with van der Waals surface area (Å²) in [6.45, 7) is 3.65. The molecule has 1 aromatic heterocycles. The zero-order valence-corrected chi connectivity index (χ0v) is 14.4. The van der Waals surface area contributed by atoms with Crippen LogP contribution in [-0.4, -0.2) is 21.0 Å². The molecule has 1 aliphatic carbocycles. The molecule has 6 heteroatoms. The third-order valence-corrected chi connectivity index (χ3v) is 6.54. The first-order valence-electron chi connectivity index (χ1n) is 7.93. The Bertz CT molecular complexity index is 518. The van der Waals surface area contributed by atoms with E-state index in [4.69, 9.17) is 0 Å². The molecule has 0 atom stereocenters. The highest BCUT2D eigenvalue weighted by atomic mass is 32.2. The van der Waals surface area contributed by atoms with E-state index in [9.17, 15) is 8.42 Å². The molecule has 2 N–H and O–H groups in total. The lowest BCUT2D eigenvalue weighted by Crippen LogP contribution is -2.34. The van der Waals surface area contributed by atoms with Crippen LogP contribution < -0.4 is 10.0 Å². The number of hydrogen-bond donors (Lipinski definition) is 2. The average molecular weight is 331 g/mol. The van der Waals surface area contributed by atoms with E-state index in [1.165, 1.54) is 24.2 Å². The quantitative estimate of drug-likeness (QED) is 0.596. The van der Waals surface area contributed by atoms with Crippen molar-refractivity contribution in [2.45, 2.75) is 69.4 Å². The molecule has 0 radical (unpaired) electrons. The van der Waals surface area contributed by atoms with Gasteiger partial charge in [0.15, 0.2) is 0 Å². The summed E-state index contributed by atoms with van der Waals surface area (Å²) in [6, 6.07) is 1.83. The third-order valence-electron chi connectivity index (χ3n) is 3.88. The highest BCUT2D eigenvalue weighted by molar-refractivity contribution is 7.89. The molecule has 4 nitrogen and oxygen atoms in total. The summed E-state index contributed by atoms with van der Waals surface area (Å²) < 4.78 is 28.1. The molecule has 0 bridgehead atoms. The van der Waals surface area contributed by atoms with Crippen LogP contribution >= 0.6 is 11.3 Å². The van der Waals surface area contributed by atoms with Gasteiger partial charge < -0.3 is 5.32 Å². The van der Waals surface area contributed by atoms with Crippen LogP contribution in [0, 0.1) is 0 Å². The van der Waals surface area contributed by atoms with Gasteiger partial charge in [0.05, 0.1) is 4.90 Å². The summed E-state index contributed by atoms with van der Waals surface area (Å²) in [5.41, 5.74) is 0. The molecule has 0 aromatic carbocycles. The van der Waals surface area contributed by atoms with Crippen molar-refractivity contribution in [3.63, 3.8) is 0 Å². The Morgan fingerprint density at radius 3 is 2.62 bits per heavy atom. The van der Waals surface area contributed by atoms with Gasteiger partial charge in [-0.2, -0.15) is 0 Å². The van der Waals surface area contributed by atoms with Gasteiger partial charge in [-0.15, -0.1) is 11.3 Å². The lowest BCUT2D eigenvalue weighted by molar-refractivity contribution is 0.509. The first kappa shape index (κ1) is 16.9. The summed E-state index contributed by atoms with van der Waals surface area (Å²) in [6.07, 6.45) is 7.68. The van der Waals surface area contributed by atoms with E-state index in [0.717, 1.165) is 43.5 Å². The minimum Gasteiger partial charge on any atom is -0.312 e. The van der Waals surface area contributed by atoms with E-state index in [1.54, 1.807) is 6.07 Å². The molecule has 1 aliphatic rings. The van der Waals surface area contributed by atoms with Gasteiger partial charge in [-0.3, -0.25) is 0 Å². The molecule has 1 heterocycles. The zero-order valence-electron chi connectivity index (χ0n) is 12.7. The standard InChI is InChI=1S/C15H26N2O2S2/c1-2-10-16-12-14-15(9-11-20-14)21(18,19)17-13-7-5-3-4-6-8-13/h9,11,13,16-17H,2-8,10,12H2,1H3. The van der Waals surface area contributed by atoms with Gasteiger partial charge in [-0.1, -0.05) is 32.6 Å². The van der Waals surface area contributed by atoms with Crippen molar-refractivity contribution in [3.05, 3.63) is 16.3 Å². The van der Waals surface area contributed by atoms with Crippen LogP contribution in [0.4, 0.5) is 0 Å². The SMILES string of the molecule is CCCNCc1sccc1S(=O)(=O)NC1CCCCCC1. The minimum absolute atomic E-state index is 0.105. The smallest absolute Gasteiger partial charge is 0.241 e. The van der Waals surface area contributed by atoms with E-state index in [-0.39, 0.29) is 6.04 Å². The second-order valence-corrected chi connectivity index (χ2v) is 8.38. The summed E-state index contributed by atoms with van der Waals surface area (Å²) >= 11 is 1.51. The lowest BCUT2D eigenvalue weighted by Gasteiger charge is -2.16. The molecule has 1 fully saturated rings. The summed E-state index contributed by atoms with van der Waals surface area (Å²) in [7, 11) is -3.38. The van der Waals surface area contributed by atoms with Crippen molar-refractivity contribution in [1.82, 2.24) is 10.0 Å². The van der Waals surface area contributed by atoms with Gasteiger partial charge in [-0.25, -0.2) is 13.1 Å². The Labute approximate surface area is 132 Å². The van der Waals surface area contributed by atoms with E-state index in [2.05, 4.69) is 17.0 Å². The van der Waals surface area contributed by atoms with Gasteiger partial charge in [0, 0.05) is 17.5 Å². The number of sulfonamides is 1. The maximum Gasteiger partial charge on any atom is 0.241 e. The molecular formula is C15H26N2O2S2. The molecule has 0 saturated heterocycles. The molecule has 1 aromatic rings. The second kappa shape index (κ2) is 8.27. The van der Waals surface area contributed by atoms with Crippen LogP contribution in [0.1, 0.15) is 56.7 Å². The van der Waals surface area contributed by atoms with Crippen LogP contribution in [-0.2, 0) is 16.6 Å². The fourth-order valence-electron chi connectivity index (χ4n) is 2.76. The number of hydrogen-bond acceptors (Lipinski definition) is 4. The van der Waals surface area contributed by atoms with E-state index < -0.39 is 10.0 Å². The second-order valence-electron chi connectivity index (χ2n) is 5.69. The van der Waals surface area contributed by atoms with Crippen LogP contribution in [0.15, 0.2) is 16.3 Å². The predicted molar refractivity (Wildman–Crippen MR) is 88.1 cm³/mol. The largest absolute Gasteiger partial charge is 0.312 e. The monoisotopic (exact) mass is 330 g/mol. The summed E-state index contributed by atoms with van der Waals surface area (Å²) in [4.78, 5) is 1.37. The van der Waals surface area contributed by atoms with Gasteiger partial charge in [-0.05, 0) is 37.3 Å². The van der Waals surface area contributed by atoms with E-state index in [1.807, 2.05) is 5.38 Å². The fraction of sp³-hybridized carbons (Fsp3) is 0.733. The van der Waals surface area contributed by atoms with Crippen LogP contribution in [0.25, 0.3) is 0 Å². The third kappa shape index (κ3) is 5.06. The lowest BCUT2D eigenvalue weighted by atomic mass is 10.1. The number of thiophene rings is 1. The molecule has 0 unspecified atom stereocenters. The minimum atomic E-state index is -3.38. The molecule has 120 valence electrons. The Balaban J connectivity index is 2.03. The summed E-state index contributed by atoms with van der Waals surface area (Å²) in [5.74, 6) is 0. The van der Waals surface area contributed by atoms with Crippen molar-refractivity contribution >= 4 is 21.4 Å².